The van der Waals surface area contributed by atoms with Crippen LogP contribution < -0.4 is 5.32 Å². The average Bonchev–Trinajstić information content (AvgIpc) is 2.99. The Hall–Kier alpha value is -2.57. The van der Waals surface area contributed by atoms with Crippen LogP contribution in [0.3, 0.4) is 0 Å². The molecule has 1 unspecified atom stereocenters. The second-order valence-electron chi connectivity index (χ2n) is 14.4. The second-order valence-corrected chi connectivity index (χ2v) is 14.4. The number of likely N-dealkylation sites (tertiary alicyclic amines) is 1. The zero-order valence-electron chi connectivity index (χ0n) is 28.6. The van der Waals surface area contributed by atoms with Gasteiger partial charge in [0, 0.05) is 30.8 Å². The first-order chi connectivity index (χ1) is 21.7. The van der Waals surface area contributed by atoms with Gasteiger partial charge in [0.05, 0.1) is 30.3 Å². The van der Waals surface area contributed by atoms with Gasteiger partial charge in [0.15, 0.2) is 6.29 Å². The molecule has 4 rings (SSSR count). The van der Waals surface area contributed by atoms with Crippen LogP contribution in [-0.4, -0.2) is 107 Å². The quantitative estimate of drug-likeness (QED) is 0.410. The summed E-state index contributed by atoms with van der Waals surface area (Å²) < 4.78 is 18.8. The van der Waals surface area contributed by atoms with Crippen LogP contribution in [0.25, 0.3) is 0 Å². The summed E-state index contributed by atoms with van der Waals surface area (Å²) in [5, 5.41) is 26.2. The van der Waals surface area contributed by atoms with Gasteiger partial charge in [0.25, 0.3) is 5.91 Å². The van der Waals surface area contributed by atoms with E-state index in [4.69, 9.17) is 14.2 Å². The number of aliphatic hydroxyl groups is 2. The first-order valence-corrected chi connectivity index (χ1v) is 17.0. The van der Waals surface area contributed by atoms with Crippen LogP contribution in [0.5, 0.6) is 0 Å². The highest BCUT2D eigenvalue weighted by molar-refractivity contribution is 5.97. The summed E-state index contributed by atoms with van der Waals surface area (Å²) in [5.74, 6) is -2.89. The fourth-order valence-electron chi connectivity index (χ4n) is 7.51. The Balaban J connectivity index is 1.73. The summed E-state index contributed by atoms with van der Waals surface area (Å²) in [6.07, 6.45) is -0.114. The molecule has 3 aliphatic rings. The molecule has 2 saturated heterocycles. The number of aliphatic hydroxyl groups excluding tert-OH is 1. The molecule has 0 aliphatic carbocycles. The summed E-state index contributed by atoms with van der Waals surface area (Å²) in [5.41, 5.74) is -0.652. The third-order valence-electron chi connectivity index (χ3n) is 9.87. The number of ether oxygens (including phenoxy) is 3. The maximum Gasteiger partial charge on any atom is 0.320 e. The number of nitrogens with zero attached hydrogens (tertiary/aromatic N) is 2. The molecule has 0 radical (unpaired) electrons. The number of piperidine rings is 1. The van der Waals surface area contributed by atoms with E-state index >= 15 is 0 Å². The van der Waals surface area contributed by atoms with Gasteiger partial charge in [-0.25, -0.2) is 0 Å². The predicted octanol–water partition coefficient (Wildman–Crippen LogP) is 3.67. The molecule has 3 heterocycles. The largest absolute Gasteiger partial charge is 0.460 e. The number of fused-ring (bicyclic) bond motifs is 2. The number of amides is 2. The van der Waals surface area contributed by atoms with E-state index in [-0.39, 0.29) is 36.8 Å². The van der Waals surface area contributed by atoms with Gasteiger partial charge in [-0.2, -0.15) is 0 Å². The highest BCUT2D eigenvalue weighted by Gasteiger charge is 2.48. The lowest BCUT2D eigenvalue weighted by Crippen LogP contribution is -2.57. The Labute approximate surface area is 273 Å². The molecule has 2 bridgehead atoms. The fourth-order valence-corrected chi connectivity index (χ4v) is 7.51. The van der Waals surface area contributed by atoms with Crippen molar-refractivity contribution in [3.63, 3.8) is 0 Å². The van der Waals surface area contributed by atoms with Crippen LogP contribution in [0.2, 0.25) is 0 Å². The van der Waals surface area contributed by atoms with Crippen molar-refractivity contribution < 1.29 is 38.8 Å². The van der Waals surface area contributed by atoms with E-state index in [1.807, 2.05) is 27.7 Å². The van der Waals surface area contributed by atoms with Gasteiger partial charge < -0.3 is 34.6 Å². The zero-order valence-corrected chi connectivity index (χ0v) is 28.6. The highest BCUT2D eigenvalue weighted by atomic mass is 16.7. The van der Waals surface area contributed by atoms with Crippen molar-refractivity contribution >= 4 is 23.5 Å². The van der Waals surface area contributed by atoms with Gasteiger partial charge in [-0.05, 0) is 82.7 Å². The summed E-state index contributed by atoms with van der Waals surface area (Å²) >= 11 is 0. The van der Waals surface area contributed by atoms with Crippen molar-refractivity contribution in [1.29, 1.82) is 0 Å². The third-order valence-corrected chi connectivity index (χ3v) is 9.87. The van der Waals surface area contributed by atoms with Gasteiger partial charge in [-0.15, -0.1) is 0 Å². The van der Waals surface area contributed by atoms with Crippen LogP contribution in [-0.2, 0) is 23.8 Å². The van der Waals surface area contributed by atoms with Crippen LogP contribution in [0, 0.1) is 23.7 Å². The predicted molar refractivity (Wildman–Crippen MR) is 174 cm³/mol. The Morgan fingerprint density at radius 2 is 1.80 bits per heavy atom. The SMILES string of the molecule is CC1C(=O)Nc2cccc(c2)C(=O)N(C)C[C@H](C)C[C@@](C)(O)[C@H](O[C@@H]2O[C@H](C)C[C@H](C)[C@H]2O)[C@@H](C)[C@@H]1OC(=O)CN1CCCCC1. The Morgan fingerprint density at radius 1 is 1.11 bits per heavy atom. The molecule has 2 fully saturated rings. The molecule has 11 nitrogen and oxygen atoms in total. The molecule has 11 heteroatoms. The van der Waals surface area contributed by atoms with E-state index in [0.29, 0.717) is 24.2 Å². The number of carbonyl (C=O) groups excluding carboxylic acids is 3. The fraction of sp³-hybridized carbons (Fsp3) is 0.743. The molecule has 2 amide bonds. The number of benzene rings is 1. The Morgan fingerprint density at radius 3 is 2.50 bits per heavy atom. The number of rotatable bonds is 5. The minimum absolute atomic E-state index is 0.104. The first-order valence-electron chi connectivity index (χ1n) is 17.0. The molecule has 258 valence electrons. The van der Waals surface area contributed by atoms with Gasteiger partial charge in [-0.3, -0.25) is 19.3 Å². The molecule has 46 heavy (non-hydrogen) atoms. The summed E-state index contributed by atoms with van der Waals surface area (Å²) in [6.45, 7) is 13.0. The van der Waals surface area contributed by atoms with Crippen LogP contribution in [0.15, 0.2) is 24.3 Å². The van der Waals surface area contributed by atoms with E-state index in [0.717, 1.165) is 32.4 Å². The molecule has 10 atom stereocenters. The van der Waals surface area contributed by atoms with Crippen LogP contribution in [0.1, 0.15) is 84.0 Å². The van der Waals surface area contributed by atoms with E-state index in [9.17, 15) is 24.6 Å². The van der Waals surface area contributed by atoms with E-state index < -0.39 is 53.9 Å². The lowest BCUT2D eigenvalue weighted by Gasteiger charge is -2.46. The van der Waals surface area contributed by atoms with Crippen molar-refractivity contribution in [2.45, 2.75) is 110 Å². The highest BCUT2D eigenvalue weighted by Crippen LogP contribution is 2.37. The van der Waals surface area contributed by atoms with Gasteiger partial charge in [0.1, 0.15) is 12.2 Å². The maximum absolute atomic E-state index is 13.8. The first kappa shape index (κ1) is 36.3. The molecule has 3 N–H and O–H groups in total. The summed E-state index contributed by atoms with van der Waals surface area (Å²) in [6, 6.07) is 6.77. The Kier molecular flexibility index (Phi) is 12.3. The standard InChI is InChI=1S/C35H55N3O8/c1-21-18-35(6,43)31(46-34-29(40)22(2)16-23(3)44-34)24(4)30(45-28(39)20-38-14-9-8-10-15-38)25(5)32(41)36-27-13-11-12-26(17-27)33(42)37(7)19-21/h11-13,17,21-25,29-31,34,40,43H,8-10,14-16,18-20H2,1-7H3,(H,36,41)/t21-,22+,23-,24+,25?,29-,30+,31-,34+,35-/m1/s1. The van der Waals surface area contributed by atoms with Gasteiger partial charge in [0.2, 0.25) is 5.91 Å². The van der Waals surface area contributed by atoms with Gasteiger partial charge >= 0.3 is 5.97 Å². The summed E-state index contributed by atoms with van der Waals surface area (Å²) in [4.78, 5) is 44.3. The van der Waals surface area contributed by atoms with Crippen LogP contribution >= 0.6 is 0 Å². The van der Waals surface area contributed by atoms with Crippen molar-refractivity contribution in [2.24, 2.45) is 23.7 Å². The molecule has 0 spiro atoms. The molecule has 1 aromatic carbocycles. The molecule has 0 aromatic heterocycles. The van der Waals surface area contributed by atoms with Crippen molar-refractivity contribution in [2.75, 3.05) is 38.5 Å². The lowest BCUT2D eigenvalue weighted by atomic mass is 9.77. The number of hydrogen-bond acceptors (Lipinski definition) is 9. The average molecular weight is 646 g/mol. The number of nitrogens with one attached hydrogen (secondary N) is 1. The minimum atomic E-state index is -1.53. The Bertz CT molecular complexity index is 1200. The number of esters is 1. The smallest absolute Gasteiger partial charge is 0.320 e. The molecular formula is C35H55N3O8. The minimum Gasteiger partial charge on any atom is -0.460 e. The molecular weight excluding hydrogens is 590 g/mol. The number of anilines is 1. The van der Waals surface area contributed by atoms with Crippen LogP contribution in [0.4, 0.5) is 5.69 Å². The van der Waals surface area contributed by atoms with Crippen molar-refractivity contribution in [3.8, 4) is 0 Å². The van der Waals surface area contributed by atoms with E-state index in [2.05, 4.69) is 10.2 Å². The molecule has 1 aromatic rings. The normalized spacial score (nSPS) is 37.2. The molecule has 3 aliphatic heterocycles. The van der Waals surface area contributed by atoms with E-state index in [1.165, 1.54) is 0 Å². The molecule has 0 saturated carbocycles. The number of carbonyl (C=O) groups is 3. The van der Waals surface area contributed by atoms with Crippen molar-refractivity contribution in [1.82, 2.24) is 9.80 Å². The maximum atomic E-state index is 13.8. The number of hydrogen-bond donors (Lipinski definition) is 3. The van der Waals surface area contributed by atoms with E-state index in [1.54, 1.807) is 50.1 Å². The zero-order chi connectivity index (χ0) is 33.8. The van der Waals surface area contributed by atoms with Gasteiger partial charge in [-0.1, -0.05) is 40.2 Å². The monoisotopic (exact) mass is 645 g/mol. The lowest BCUT2D eigenvalue weighted by molar-refractivity contribution is -0.298. The topological polar surface area (TPSA) is 138 Å². The van der Waals surface area contributed by atoms with Crippen molar-refractivity contribution in [3.05, 3.63) is 29.8 Å². The second kappa shape index (κ2) is 15.6. The summed E-state index contributed by atoms with van der Waals surface area (Å²) in [7, 11) is 1.71. The third kappa shape index (κ3) is 9.07.